The standard InChI is InChI=1S/C24H24FN3O.2ClH/c25-18-7-5-17(6-8-18)22-15-20(19-3-1-2-4-21(19)27-22)23(29)28-13-10-24(11-14-28)9-12-26-16-24;;/h1-8,15,26H,9-14,16H2;2*1H. The molecule has 1 aromatic heterocycles. The van der Waals surface area contributed by atoms with Gasteiger partial charge < -0.3 is 10.2 Å². The number of aromatic nitrogens is 1. The van der Waals surface area contributed by atoms with Crippen molar-refractivity contribution in [2.24, 2.45) is 5.41 Å². The maximum atomic E-state index is 13.5. The predicted octanol–water partition coefficient (Wildman–Crippen LogP) is 5.10. The van der Waals surface area contributed by atoms with Crippen molar-refractivity contribution >= 4 is 41.6 Å². The van der Waals surface area contributed by atoms with Gasteiger partial charge in [0, 0.05) is 30.6 Å². The first-order valence-electron chi connectivity index (χ1n) is 10.3. The maximum Gasteiger partial charge on any atom is 0.254 e. The minimum Gasteiger partial charge on any atom is -0.339 e. The average Bonchev–Trinajstić information content (AvgIpc) is 3.21. The van der Waals surface area contributed by atoms with Gasteiger partial charge in [-0.25, -0.2) is 9.37 Å². The Morgan fingerprint density at radius 3 is 2.39 bits per heavy atom. The van der Waals surface area contributed by atoms with Gasteiger partial charge in [0.05, 0.1) is 16.8 Å². The van der Waals surface area contributed by atoms with E-state index in [1.54, 1.807) is 12.1 Å². The van der Waals surface area contributed by atoms with Crippen molar-refractivity contribution in [1.29, 1.82) is 0 Å². The normalized spacial score (nSPS) is 17.3. The lowest BCUT2D eigenvalue weighted by Gasteiger charge is -2.39. The van der Waals surface area contributed by atoms with E-state index in [2.05, 4.69) is 5.32 Å². The summed E-state index contributed by atoms with van der Waals surface area (Å²) in [6, 6.07) is 15.9. The second-order valence-corrected chi connectivity index (χ2v) is 8.30. The van der Waals surface area contributed by atoms with Crippen molar-refractivity contribution in [2.45, 2.75) is 19.3 Å². The van der Waals surface area contributed by atoms with Crippen LogP contribution in [-0.4, -0.2) is 42.0 Å². The number of pyridine rings is 1. The summed E-state index contributed by atoms with van der Waals surface area (Å²) in [5.74, 6) is -0.220. The predicted molar refractivity (Wildman–Crippen MR) is 127 cm³/mol. The first-order valence-corrected chi connectivity index (χ1v) is 10.3. The summed E-state index contributed by atoms with van der Waals surface area (Å²) in [6.45, 7) is 3.75. The highest BCUT2D eigenvalue weighted by molar-refractivity contribution is 6.07. The van der Waals surface area contributed by atoms with Crippen molar-refractivity contribution in [3.05, 3.63) is 66.0 Å². The summed E-state index contributed by atoms with van der Waals surface area (Å²) >= 11 is 0. The van der Waals surface area contributed by atoms with Crippen LogP contribution in [0.3, 0.4) is 0 Å². The molecule has 0 aliphatic carbocycles. The number of carbonyl (C=O) groups excluding carboxylic acids is 1. The summed E-state index contributed by atoms with van der Waals surface area (Å²) in [6.07, 6.45) is 3.32. The Labute approximate surface area is 194 Å². The van der Waals surface area contributed by atoms with Crippen molar-refractivity contribution < 1.29 is 9.18 Å². The quantitative estimate of drug-likeness (QED) is 0.577. The Kier molecular flexibility index (Phi) is 7.20. The number of piperidine rings is 1. The molecule has 0 atom stereocenters. The van der Waals surface area contributed by atoms with Gasteiger partial charge in [0.25, 0.3) is 5.91 Å². The van der Waals surface area contributed by atoms with E-state index in [1.165, 1.54) is 18.6 Å². The van der Waals surface area contributed by atoms with Crippen LogP contribution in [0.5, 0.6) is 0 Å². The zero-order chi connectivity index (χ0) is 19.8. The lowest BCUT2D eigenvalue weighted by Crippen LogP contribution is -2.44. The van der Waals surface area contributed by atoms with Gasteiger partial charge in [-0.3, -0.25) is 4.79 Å². The van der Waals surface area contributed by atoms with E-state index in [0.717, 1.165) is 55.5 Å². The summed E-state index contributed by atoms with van der Waals surface area (Å²) in [4.78, 5) is 20.2. The van der Waals surface area contributed by atoms with Gasteiger partial charge in [0.15, 0.2) is 0 Å². The zero-order valence-electron chi connectivity index (χ0n) is 17.1. The smallest absolute Gasteiger partial charge is 0.254 e. The van der Waals surface area contributed by atoms with Crippen LogP contribution >= 0.6 is 24.8 Å². The van der Waals surface area contributed by atoms with E-state index in [4.69, 9.17) is 4.98 Å². The largest absolute Gasteiger partial charge is 0.339 e. The van der Waals surface area contributed by atoms with Crippen LogP contribution in [0.15, 0.2) is 54.6 Å². The molecule has 4 nitrogen and oxygen atoms in total. The fourth-order valence-electron chi connectivity index (χ4n) is 4.70. The van der Waals surface area contributed by atoms with Crippen molar-refractivity contribution in [3.8, 4) is 11.3 Å². The number of hydrogen-bond acceptors (Lipinski definition) is 3. The summed E-state index contributed by atoms with van der Waals surface area (Å²) < 4.78 is 13.3. The topological polar surface area (TPSA) is 45.2 Å². The molecule has 0 bridgehead atoms. The van der Waals surface area contributed by atoms with Crippen molar-refractivity contribution in [2.75, 3.05) is 26.2 Å². The fraction of sp³-hybridized carbons (Fsp3) is 0.333. The second kappa shape index (κ2) is 9.51. The minimum atomic E-state index is -0.283. The van der Waals surface area contributed by atoms with E-state index >= 15 is 0 Å². The third-order valence-electron chi connectivity index (χ3n) is 6.53. The molecule has 3 heterocycles. The molecule has 164 valence electrons. The lowest BCUT2D eigenvalue weighted by atomic mass is 9.77. The van der Waals surface area contributed by atoms with Crippen LogP contribution in [0.2, 0.25) is 0 Å². The zero-order valence-corrected chi connectivity index (χ0v) is 18.8. The molecule has 2 aliphatic heterocycles. The van der Waals surface area contributed by atoms with E-state index in [0.29, 0.717) is 16.7 Å². The number of likely N-dealkylation sites (tertiary alicyclic amines) is 1. The highest BCUT2D eigenvalue weighted by Gasteiger charge is 2.38. The van der Waals surface area contributed by atoms with Crippen LogP contribution in [0, 0.1) is 11.2 Å². The van der Waals surface area contributed by atoms with Crippen LogP contribution in [-0.2, 0) is 0 Å². The number of carbonyl (C=O) groups is 1. The molecular formula is C24H26Cl2FN3O. The van der Waals surface area contributed by atoms with Crippen LogP contribution in [0.4, 0.5) is 4.39 Å². The first kappa shape index (κ1) is 23.5. The molecule has 0 unspecified atom stereocenters. The number of para-hydroxylation sites is 1. The van der Waals surface area contributed by atoms with E-state index in [1.807, 2.05) is 35.2 Å². The van der Waals surface area contributed by atoms with Gasteiger partial charge in [0.1, 0.15) is 5.82 Å². The fourth-order valence-corrected chi connectivity index (χ4v) is 4.70. The van der Waals surface area contributed by atoms with Crippen LogP contribution in [0.1, 0.15) is 29.6 Å². The second-order valence-electron chi connectivity index (χ2n) is 8.30. The summed E-state index contributed by atoms with van der Waals surface area (Å²) in [5.41, 5.74) is 3.33. The summed E-state index contributed by atoms with van der Waals surface area (Å²) in [5, 5.41) is 4.34. The molecule has 5 rings (SSSR count). The molecular weight excluding hydrogens is 436 g/mol. The monoisotopic (exact) mass is 461 g/mol. The molecule has 2 saturated heterocycles. The van der Waals surface area contributed by atoms with Crippen molar-refractivity contribution in [3.63, 3.8) is 0 Å². The molecule has 31 heavy (non-hydrogen) atoms. The number of fused-ring (bicyclic) bond motifs is 1. The minimum absolute atomic E-state index is 0. The average molecular weight is 462 g/mol. The number of benzene rings is 2. The van der Waals surface area contributed by atoms with Gasteiger partial charge in [-0.05, 0) is 67.6 Å². The van der Waals surface area contributed by atoms with Crippen LogP contribution in [0.25, 0.3) is 22.2 Å². The van der Waals surface area contributed by atoms with Gasteiger partial charge in [0.2, 0.25) is 0 Å². The van der Waals surface area contributed by atoms with E-state index in [-0.39, 0.29) is 36.5 Å². The Balaban J connectivity index is 0.00000136. The molecule has 1 N–H and O–H groups in total. The third kappa shape index (κ3) is 4.54. The molecule has 2 aliphatic rings. The molecule has 3 aromatic rings. The van der Waals surface area contributed by atoms with Crippen molar-refractivity contribution in [1.82, 2.24) is 15.2 Å². The molecule has 7 heteroatoms. The van der Waals surface area contributed by atoms with Gasteiger partial charge in [-0.2, -0.15) is 0 Å². The van der Waals surface area contributed by atoms with Gasteiger partial charge in [-0.15, -0.1) is 24.8 Å². The Hall–Kier alpha value is -2.21. The van der Waals surface area contributed by atoms with E-state index in [9.17, 15) is 9.18 Å². The highest BCUT2D eigenvalue weighted by Crippen LogP contribution is 2.37. The van der Waals surface area contributed by atoms with E-state index < -0.39 is 0 Å². The van der Waals surface area contributed by atoms with Gasteiger partial charge in [-0.1, -0.05) is 18.2 Å². The lowest BCUT2D eigenvalue weighted by molar-refractivity contribution is 0.0609. The third-order valence-corrected chi connectivity index (χ3v) is 6.53. The number of nitrogens with one attached hydrogen (secondary N) is 1. The summed E-state index contributed by atoms with van der Waals surface area (Å²) in [7, 11) is 0. The molecule has 2 fully saturated rings. The Morgan fingerprint density at radius 2 is 1.71 bits per heavy atom. The Bertz CT molecular complexity index is 1060. The number of amides is 1. The first-order chi connectivity index (χ1) is 14.1. The maximum absolute atomic E-state index is 13.5. The number of hydrogen-bond donors (Lipinski definition) is 1. The molecule has 1 spiro atoms. The Morgan fingerprint density at radius 1 is 1.00 bits per heavy atom. The highest BCUT2D eigenvalue weighted by atomic mass is 35.5. The van der Waals surface area contributed by atoms with Crippen LogP contribution < -0.4 is 5.32 Å². The number of nitrogens with zero attached hydrogens (tertiary/aromatic N) is 2. The number of halogens is 3. The molecule has 1 amide bonds. The molecule has 0 radical (unpaired) electrons. The SMILES string of the molecule is Cl.Cl.O=C(c1cc(-c2ccc(F)cc2)nc2ccccc12)N1CCC2(CCNC2)CC1. The van der Waals surface area contributed by atoms with Gasteiger partial charge >= 0.3 is 0 Å². The number of rotatable bonds is 2. The molecule has 0 saturated carbocycles. The molecule has 2 aromatic carbocycles.